The van der Waals surface area contributed by atoms with Crippen LogP contribution in [0.15, 0.2) is 54.6 Å². The fourth-order valence-corrected chi connectivity index (χ4v) is 3.16. The predicted octanol–water partition coefficient (Wildman–Crippen LogP) is 3.41. The van der Waals surface area contributed by atoms with E-state index < -0.39 is 0 Å². The molecule has 0 amide bonds. The van der Waals surface area contributed by atoms with Crippen LogP contribution in [0.25, 0.3) is 0 Å². The number of morpholine rings is 1. The van der Waals surface area contributed by atoms with E-state index in [1.54, 1.807) is 12.1 Å². The normalized spacial score (nSPS) is 18.3. The summed E-state index contributed by atoms with van der Waals surface area (Å²) in [7, 11) is 0. The van der Waals surface area contributed by atoms with Crippen LogP contribution in [0, 0.1) is 0 Å². The summed E-state index contributed by atoms with van der Waals surface area (Å²) in [4.78, 5) is 2.42. The number of nitrogens with zero attached hydrogens (tertiary/aromatic N) is 1. The van der Waals surface area contributed by atoms with Crippen molar-refractivity contribution in [1.82, 2.24) is 4.90 Å². The SMILES string of the molecule is Oc1cccc([C@H]2CN(CCCOCCc3ccccc3)CCO2)c1. The third-order valence-corrected chi connectivity index (χ3v) is 4.53. The standard InChI is InChI=1S/C21H27NO3/c23-20-9-4-8-19(16-20)21-17-22(12-15-25-21)11-5-13-24-14-10-18-6-2-1-3-7-18/h1-4,6-9,16,21,23H,5,10-15,17H2/t21-/m1/s1. The quantitative estimate of drug-likeness (QED) is 0.747. The Bertz CT molecular complexity index is 632. The van der Waals surface area contributed by atoms with Crippen molar-refractivity contribution >= 4 is 0 Å². The lowest BCUT2D eigenvalue weighted by Gasteiger charge is -2.33. The summed E-state index contributed by atoms with van der Waals surface area (Å²) in [5.74, 6) is 0.296. The van der Waals surface area contributed by atoms with Gasteiger partial charge in [-0.25, -0.2) is 0 Å². The molecule has 1 aliphatic heterocycles. The summed E-state index contributed by atoms with van der Waals surface area (Å²) in [5, 5.41) is 9.63. The molecule has 1 aliphatic rings. The van der Waals surface area contributed by atoms with E-state index in [2.05, 4.69) is 29.2 Å². The number of ether oxygens (including phenoxy) is 2. The molecule has 2 aromatic carbocycles. The van der Waals surface area contributed by atoms with Gasteiger partial charge in [-0.15, -0.1) is 0 Å². The monoisotopic (exact) mass is 341 g/mol. The Morgan fingerprint density at radius 2 is 1.96 bits per heavy atom. The van der Waals surface area contributed by atoms with E-state index in [4.69, 9.17) is 9.47 Å². The van der Waals surface area contributed by atoms with Gasteiger partial charge >= 0.3 is 0 Å². The molecule has 0 saturated carbocycles. The van der Waals surface area contributed by atoms with E-state index in [9.17, 15) is 5.11 Å². The molecule has 25 heavy (non-hydrogen) atoms. The second-order valence-electron chi connectivity index (χ2n) is 6.46. The van der Waals surface area contributed by atoms with E-state index in [1.165, 1.54) is 5.56 Å². The number of aromatic hydroxyl groups is 1. The minimum absolute atomic E-state index is 0.0415. The molecule has 0 aliphatic carbocycles. The van der Waals surface area contributed by atoms with Gasteiger partial charge in [0.25, 0.3) is 0 Å². The molecule has 0 radical (unpaired) electrons. The van der Waals surface area contributed by atoms with Crippen molar-refractivity contribution in [1.29, 1.82) is 0 Å². The van der Waals surface area contributed by atoms with Crippen LogP contribution >= 0.6 is 0 Å². The molecule has 0 spiro atoms. The lowest BCUT2D eigenvalue weighted by atomic mass is 10.1. The van der Waals surface area contributed by atoms with Gasteiger partial charge in [0.05, 0.1) is 19.3 Å². The fraction of sp³-hybridized carbons (Fsp3) is 0.429. The molecule has 1 fully saturated rings. The number of benzene rings is 2. The molecule has 2 aromatic rings. The van der Waals surface area contributed by atoms with Crippen LogP contribution in [0.1, 0.15) is 23.7 Å². The van der Waals surface area contributed by atoms with Gasteiger partial charge in [0.15, 0.2) is 0 Å². The molecule has 1 atom stereocenters. The van der Waals surface area contributed by atoms with Crippen molar-refractivity contribution in [2.45, 2.75) is 18.9 Å². The van der Waals surface area contributed by atoms with E-state index in [-0.39, 0.29) is 6.10 Å². The topological polar surface area (TPSA) is 41.9 Å². The lowest BCUT2D eigenvalue weighted by molar-refractivity contribution is -0.0323. The summed E-state index contributed by atoms with van der Waals surface area (Å²) < 4.78 is 11.6. The van der Waals surface area contributed by atoms with Crippen molar-refractivity contribution < 1.29 is 14.6 Å². The van der Waals surface area contributed by atoms with Crippen molar-refractivity contribution in [3.05, 3.63) is 65.7 Å². The van der Waals surface area contributed by atoms with Gasteiger partial charge < -0.3 is 14.6 Å². The maximum Gasteiger partial charge on any atom is 0.115 e. The van der Waals surface area contributed by atoms with E-state index in [1.807, 2.05) is 18.2 Å². The summed E-state index contributed by atoms with van der Waals surface area (Å²) in [6, 6.07) is 17.8. The van der Waals surface area contributed by atoms with E-state index in [0.717, 1.165) is 57.9 Å². The molecule has 4 heteroatoms. The maximum atomic E-state index is 9.63. The average molecular weight is 341 g/mol. The van der Waals surface area contributed by atoms with Crippen LogP contribution in [0.5, 0.6) is 5.75 Å². The Morgan fingerprint density at radius 1 is 1.08 bits per heavy atom. The third kappa shape index (κ3) is 5.85. The van der Waals surface area contributed by atoms with Crippen LogP contribution in [-0.4, -0.2) is 49.5 Å². The van der Waals surface area contributed by atoms with Crippen molar-refractivity contribution in [2.24, 2.45) is 0 Å². The average Bonchev–Trinajstić information content (AvgIpc) is 2.66. The maximum absolute atomic E-state index is 9.63. The van der Waals surface area contributed by atoms with Crippen LogP contribution in [-0.2, 0) is 15.9 Å². The van der Waals surface area contributed by atoms with Gasteiger partial charge in [0.1, 0.15) is 5.75 Å². The number of phenols is 1. The molecular weight excluding hydrogens is 314 g/mol. The zero-order valence-corrected chi connectivity index (χ0v) is 14.6. The first kappa shape index (κ1) is 17.9. The highest BCUT2D eigenvalue weighted by Gasteiger charge is 2.21. The summed E-state index contributed by atoms with van der Waals surface area (Å²) >= 11 is 0. The Hall–Kier alpha value is -1.88. The zero-order chi connectivity index (χ0) is 17.3. The first-order valence-electron chi connectivity index (χ1n) is 9.06. The van der Waals surface area contributed by atoms with Gasteiger partial charge in [0, 0.05) is 26.2 Å². The van der Waals surface area contributed by atoms with Gasteiger partial charge in [-0.3, -0.25) is 4.90 Å². The summed E-state index contributed by atoms with van der Waals surface area (Å²) in [5.41, 5.74) is 2.37. The third-order valence-electron chi connectivity index (χ3n) is 4.53. The predicted molar refractivity (Wildman–Crippen MR) is 98.8 cm³/mol. The number of hydrogen-bond acceptors (Lipinski definition) is 4. The van der Waals surface area contributed by atoms with Gasteiger partial charge in [0.2, 0.25) is 0 Å². The molecule has 1 N–H and O–H groups in total. The Kier molecular flexibility index (Phi) is 6.86. The molecule has 0 aromatic heterocycles. The molecule has 4 nitrogen and oxygen atoms in total. The van der Waals surface area contributed by atoms with E-state index >= 15 is 0 Å². The minimum atomic E-state index is 0.0415. The molecular formula is C21H27NO3. The first-order valence-corrected chi connectivity index (χ1v) is 9.06. The van der Waals surface area contributed by atoms with Crippen molar-refractivity contribution in [3.63, 3.8) is 0 Å². The summed E-state index contributed by atoms with van der Waals surface area (Å²) in [6.07, 6.45) is 2.04. The first-order chi connectivity index (χ1) is 12.3. The number of phenolic OH excluding ortho intramolecular Hbond substituents is 1. The molecule has 3 rings (SSSR count). The second-order valence-corrected chi connectivity index (χ2v) is 6.46. The minimum Gasteiger partial charge on any atom is -0.508 e. The lowest BCUT2D eigenvalue weighted by Crippen LogP contribution is -2.39. The molecule has 1 saturated heterocycles. The fourth-order valence-electron chi connectivity index (χ4n) is 3.16. The Balaban J connectivity index is 1.33. The van der Waals surface area contributed by atoms with Crippen LogP contribution in [0.3, 0.4) is 0 Å². The van der Waals surface area contributed by atoms with Gasteiger partial charge in [-0.05, 0) is 36.1 Å². The van der Waals surface area contributed by atoms with Crippen LogP contribution in [0.2, 0.25) is 0 Å². The van der Waals surface area contributed by atoms with Gasteiger partial charge in [-0.2, -0.15) is 0 Å². The molecule has 0 unspecified atom stereocenters. The van der Waals surface area contributed by atoms with Crippen LogP contribution < -0.4 is 0 Å². The molecule has 0 bridgehead atoms. The highest BCUT2D eigenvalue weighted by molar-refractivity contribution is 5.29. The molecule has 134 valence electrons. The van der Waals surface area contributed by atoms with Gasteiger partial charge in [-0.1, -0.05) is 42.5 Å². The Morgan fingerprint density at radius 3 is 2.80 bits per heavy atom. The zero-order valence-electron chi connectivity index (χ0n) is 14.6. The number of rotatable bonds is 8. The largest absolute Gasteiger partial charge is 0.508 e. The number of hydrogen-bond donors (Lipinski definition) is 1. The smallest absolute Gasteiger partial charge is 0.115 e. The van der Waals surface area contributed by atoms with Crippen molar-refractivity contribution in [3.8, 4) is 5.75 Å². The highest BCUT2D eigenvalue weighted by Crippen LogP contribution is 2.24. The van der Waals surface area contributed by atoms with E-state index in [0.29, 0.717) is 5.75 Å². The van der Waals surface area contributed by atoms with Crippen LogP contribution in [0.4, 0.5) is 0 Å². The van der Waals surface area contributed by atoms with Crippen molar-refractivity contribution in [2.75, 3.05) is 39.5 Å². The molecule has 1 heterocycles. The summed E-state index contributed by atoms with van der Waals surface area (Å²) in [6.45, 7) is 5.14. The Labute approximate surface area is 150 Å². The second kappa shape index (κ2) is 9.56. The highest BCUT2D eigenvalue weighted by atomic mass is 16.5.